The third kappa shape index (κ3) is 3.17. The molecule has 2 aliphatic carbocycles. The fraction of sp³-hybridized carbons (Fsp3) is 0.364. The van der Waals surface area contributed by atoms with Crippen molar-refractivity contribution in [2.45, 2.75) is 43.1 Å². The van der Waals surface area contributed by atoms with Crippen molar-refractivity contribution in [1.29, 1.82) is 0 Å². The van der Waals surface area contributed by atoms with Gasteiger partial charge in [0, 0.05) is 23.9 Å². The third-order valence-electron chi connectivity index (χ3n) is 6.04. The number of halogens is 1. The maximum Gasteiger partial charge on any atom is 0.259 e. The van der Waals surface area contributed by atoms with Gasteiger partial charge in [0.05, 0.1) is 10.6 Å². The van der Waals surface area contributed by atoms with E-state index >= 15 is 0 Å². The molecule has 0 amide bonds. The summed E-state index contributed by atoms with van der Waals surface area (Å²) in [4.78, 5) is 4.71. The highest BCUT2D eigenvalue weighted by molar-refractivity contribution is 6.33. The molecule has 2 fully saturated rings. The van der Waals surface area contributed by atoms with E-state index in [1.165, 1.54) is 18.4 Å². The first-order chi connectivity index (χ1) is 13.3. The monoisotopic (exact) mass is 379 g/mol. The van der Waals surface area contributed by atoms with Crippen molar-refractivity contribution in [3.05, 3.63) is 71.0 Å². The topological polar surface area (TPSA) is 51.0 Å². The van der Waals surface area contributed by atoms with Gasteiger partial charge in [-0.25, -0.2) is 0 Å². The maximum absolute atomic E-state index is 6.28. The van der Waals surface area contributed by atoms with Crippen molar-refractivity contribution < 1.29 is 4.52 Å². The molecule has 4 nitrogen and oxygen atoms in total. The van der Waals surface area contributed by atoms with E-state index in [9.17, 15) is 0 Å². The summed E-state index contributed by atoms with van der Waals surface area (Å²) in [6.45, 7) is 0.905. The summed E-state index contributed by atoms with van der Waals surface area (Å²) in [5.74, 6) is 1.95. The molecule has 0 bridgehead atoms. The van der Waals surface area contributed by atoms with Crippen molar-refractivity contribution in [3.63, 3.8) is 0 Å². The Morgan fingerprint density at radius 3 is 2.59 bits per heavy atom. The van der Waals surface area contributed by atoms with Crippen LogP contribution in [-0.2, 0) is 5.41 Å². The quantitative estimate of drug-likeness (QED) is 0.657. The molecule has 1 heterocycles. The van der Waals surface area contributed by atoms with Crippen molar-refractivity contribution in [3.8, 4) is 11.5 Å². The molecule has 5 heteroatoms. The van der Waals surface area contributed by atoms with Gasteiger partial charge in [-0.15, -0.1) is 0 Å². The van der Waals surface area contributed by atoms with Crippen LogP contribution >= 0.6 is 11.6 Å². The number of benzene rings is 2. The van der Waals surface area contributed by atoms with E-state index in [4.69, 9.17) is 21.1 Å². The van der Waals surface area contributed by atoms with Gasteiger partial charge in [0.1, 0.15) is 0 Å². The Morgan fingerprint density at radius 1 is 1.07 bits per heavy atom. The van der Waals surface area contributed by atoms with Crippen LogP contribution in [0.15, 0.2) is 59.1 Å². The fourth-order valence-corrected chi connectivity index (χ4v) is 4.30. The van der Waals surface area contributed by atoms with Crippen LogP contribution < -0.4 is 5.32 Å². The van der Waals surface area contributed by atoms with E-state index in [2.05, 4.69) is 40.8 Å². The molecule has 1 unspecified atom stereocenters. The lowest BCUT2D eigenvalue weighted by molar-refractivity contribution is 0.211. The number of hydrogen-bond acceptors (Lipinski definition) is 4. The van der Waals surface area contributed by atoms with Crippen molar-refractivity contribution in [1.82, 2.24) is 15.5 Å². The number of rotatable bonds is 6. The first kappa shape index (κ1) is 17.0. The van der Waals surface area contributed by atoms with E-state index < -0.39 is 0 Å². The number of aromatic nitrogens is 2. The maximum atomic E-state index is 6.28. The van der Waals surface area contributed by atoms with Crippen molar-refractivity contribution >= 4 is 11.6 Å². The number of nitrogens with one attached hydrogen (secondary N) is 1. The second-order valence-corrected chi connectivity index (χ2v) is 8.18. The lowest BCUT2D eigenvalue weighted by Crippen LogP contribution is -2.45. The highest BCUT2D eigenvalue weighted by Gasteiger charge is 2.46. The molecule has 1 aromatic heterocycles. The van der Waals surface area contributed by atoms with E-state index in [-0.39, 0.29) is 5.41 Å². The molecule has 0 radical (unpaired) electrons. The van der Waals surface area contributed by atoms with Crippen LogP contribution in [0.5, 0.6) is 0 Å². The predicted octanol–water partition coefficient (Wildman–Crippen LogP) is 4.96. The van der Waals surface area contributed by atoms with Crippen LogP contribution in [0.25, 0.3) is 11.5 Å². The van der Waals surface area contributed by atoms with E-state index in [0.29, 0.717) is 22.9 Å². The molecule has 1 N–H and O–H groups in total. The van der Waals surface area contributed by atoms with Crippen LogP contribution in [0.4, 0.5) is 0 Å². The fourth-order valence-electron chi connectivity index (χ4n) is 4.08. The zero-order valence-electron chi connectivity index (χ0n) is 15.1. The molecular formula is C22H22ClN3O. The van der Waals surface area contributed by atoms with Crippen LogP contribution in [0.3, 0.4) is 0 Å². The molecule has 27 heavy (non-hydrogen) atoms. The van der Waals surface area contributed by atoms with Gasteiger partial charge in [0.25, 0.3) is 5.89 Å². The van der Waals surface area contributed by atoms with E-state index in [1.54, 1.807) is 0 Å². The minimum absolute atomic E-state index is 0.00711. The van der Waals surface area contributed by atoms with Gasteiger partial charge in [0.15, 0.2) is 5.82 Å². The van der Waals surface area contributed by atoms with Gasteiger partial charge in [-0.2, -0.15) is 4.98 Å². The van der Waals surface area contributed by atoms with Crippen LogP contribution in [-0.4, -0.2) is 22.7 Å². The second-order valence-electron chi connectivity index (χ2n) is 7.78. The third-order valence-corrected chi connectivity index (χ3v) is 6.37. The van der Waals surface area contributed by atoms with Gasteiger partial charge in [-0.3, -0.25) is 0 Å². The summed E-state index contributed by atoms with van der Waals surface area (Å²) in [5, 5.41) is 8.71. The molecule has 5 rings (SSSR count). The van der Waals surface area contributed by atoms with Gasteiger partial charge in [0.2, 0.25) is 0 Å². The number of nitrogens with zero attached hydrogens (tertiary/aromatic N) is 2. The molecule has 138 valence electrons. The second kappa shape index (κ2) is 6.77. The Kier molecular flexibility index (Phi) is 4.25. The zero-order chi connectivity index (χ0) is 18.3. The van der Waals surface area contributed by atoms with Gasteiger partial charge in [-0.1, -0.05) is 65.6 Å². The summed E-state index contributed by atoms with van der Waals surface area (Å²) in [6, 6.07) is 18.9. The lowest BCUT2D eigenvalue weighted by atomic mass is 9.68. The molecular weight excluding hydrogens is 358 g/mol. The van der Waals surface area contributed by atoms with Crippen molar-refractivity contribution in [2.75, 3.05) is 6.54 Å². The van der Waals surface area contributed by atoms with Gasteiger partial charge < -0.3 is 9.84 Å². The smallest absolute Gasteiger partial charge is 0.259 e. The Bertz CT molecular complexity index is 935. The van der Waals surface area contributed by atoms with E-state index in [0.717, 1.165) is 30.8 Å². The van der Waals surface area contributed by atoms with Crippen LogP contribution in [0, 0.1) is 0 Å². The molecule has 0 saturated heterocycles. The molecule has 0 spiro atoms. The van der Waals surface area contributed by atoms with Crippen molar-refractivity contribution in [2.24, 2.45) is 0 Å². The minimum Gasteiger partial charge on any atom is -0.334 e. The van der Waals surface area contributed by atoms with E-state index in [1.807, 2.05) is 24.3 Å². The summed E-state index contributed by atoms with van der Waals surface area (Å²) in [5.41, 5.74) is 2.22. The largest absolute Gasteiger partial charge is 0.334 e. The summed E-state index contributed by atoms with van der Waals surface area (Å²) in [6.07, 6.45) is 4.62. The molecule has 2 aliphatic rings. The SMILES string of the molecule is Clc1ccccc1-c1nc(C2(CN[C@H]3CC3c3ccccc3)CCC2)no1. The van der Waals surface area contributed by atoms with Crippen LogP contribution in [0.2, 0.25) is 5.02 Å². The molecule has 2 saturated carbocycles. The summed E-state index contributed by atoms with van der Waals surface area (Å²) >= 11 is 6.28. The molecule has 2 aromatic carbocycles. The normalized spacial score (nSPS) is 23.0. The van der Waals surface area contributed by atoms with Crippen LogP contribution in [0.1, 0.15) is 43.0 Å². The highest BCUT2D eigenvalue weighted by atomic mass is 35.5. The minimum atomic E-state index is -0.00711. The van der Waals surface area contributed by atoms with Gasteiger partial charge in [-0.05, 0) is 37.0 Å². The summed E-state index contributed by atoms with van der Waals surface area (Å²) in [7, 11) is 0. The molecule has 3 aromatic rings. The highest BCUT2D eigenvalue weighted by Crippen LogP contribution is 2.45. The first-order valence-electron chi connectivity index (χ1n) is 9.63. The Labute approximate surface area is 163 Å². The Balaban J connectivity index is 1.29. The molecule has 2 atom stereocenters. The Morgan fingerprint density at radius 2 is 1.85 bits per heavy atom. The molecule has 0 aliphatic heterocycles. The van der Waals surface area contributed by atoms with Gasteiger partial charge >= 0.3 is 0 Å². The standard InChI is InChI=1S/C22H22ClN3O/c23-18-10-5-4-9-16(18)20-25-21(26-27-20)22(11-6-12-22)14-24-19-13-17(19)15-7-2-1-3-8-15/h1-5,7-10,17,19,24H,6,11-14H2/t17?,19-/m0/s1. The first-order valence-corrected chi connectivity index (χ1v) is 10.0. The number of hydrogen-bond donors (Lipinski definition) is 1. The average Bonchev–Trinajstić information content (AvgIpc) is 3.28. The zero-order valence-corrected chi connectivity index (χ0v) is 15.8. The predicted molar refractivity (Wildman–Crippen MR) is 106 cm³/mol. The Hall–Kier alpha value is -2.17. The average molecular weight is 380 g/mol. The lowest BCUT2D eigenvalue weighted by Gasteiger charge is -2.39. The summed E-state index contributed by atoms with van der Waals surface area (Å²) < 4.78 is 5.55.